The van der Waals surface area contributed by atoms with Crippen molar-refractivity contribution in [2.24, 2.45) is 0 Å². The molecule has 138 valence electrons. The van der Waals surface area contributed by atoms with Gasteiger partial charge in [-0.2, -0.15) is 0 Å². The number of rotatable bonds is 7. The molecule has 0 radical (unpaired) electrons. The standard InChI is InChI=1S/C23H23NO3/c1-26-16-22(18-11-8-12-19(15-18)27-2)24-23(25)21-14-7-6-13-20(21)17-9-4-3-5-10-17/h3-15,22H,16H2,1-2H3,(H,24,25). The van der Waals surface area contributed by atoms with Crippen LogP contribution in [-0.4, -0.2) is 26.7 Å². The van der Waals surface area contributed by atoms with E-state index in [0.717, 1.165) is 22.4 Å². The summed E-state index contributed by atoms with van der Waals surface area (Å²) in [7, 11) is 3.25. The van der Waals surface area contributed by atoms with Crippen LogP contribution in [0, 0.1) is 0 Å². The largest absolute Gasteiger partial charge is 0.497 e. The molecular formula is C23H23NO3. The topological polar surface area (TPSA) is 47.6 Å². The van der Waals surface area contributed by atoms with E-state index in [9.17, 15) is 4.79 Å². The van der Waals surface area contributed by atoms with Gasteiger partial charge in [-0.05, 0) is 34.9 Å². The molecule has 0 bridgehead atoms. The average Bonchev–Trinajstić information content (AvgIpc) is 2.74. The van der Waals surface area contributed by atoms with Gasteiger partial charge in [0.25, 0.3) is 5.91 Å². The molecule has 0 aliphatic carbocycles. The molecule has 1 unspecified atom stereocenters. The maximum absolute atomic E-state index is 13.1. The summed E-state index contributed by atoms with van der Waals surface area (Å²) in [5, 5.41) is 3.09. The third kappa shape index (κ3) is 4.54. The van der Waals surface area contributed by atoms with Gasteiger partial charge in [-0.1, -0.05) is 60.7 Å². The van der Waals surface area contributed by atoms with Crippen molar-refractivity contribution >= 4 is 5.91 Å². The molecule has 3 rings (SSSR count). The van der Waals surface area contributed by atoms with Crippen LogP contribution in [-0.2, 0) is 4.74 Å². The first-order valence-electron chi connectivity index (χ1n) is 8.81. The molecule has 0 aliphatic heterocycles. The molecule has 0 saturated carbocycles. The number of amides is 1. The maximum atomic E-state index is 13.1. The van der Waals surface area contributed by atoms with Gasteiger partial charge in [0.2, 0.25) is 0 Å². The van der Waals surface area contributed by atoms with Gasteiger partial charge in [-0.15, -0.1) is 0 Å². The second kappa shape index (κ2) is 9.01. The number of carbonyl (C=O) groups excluding carboxylic acids is 1. The average molecular weight is 361 g/mol. The fraction of sp³-hybridized carbons (Fsp3) is 0.174. The molecule has 0 spiro atoms. The Labute approximate surface area is 159 Å². The predicted octanol–water partition coefficient (Wildman–Crippen LogP) is 4.48. The van der Waals surface area contributed by atoms with Gasteiger partial charge in [0.15, 0.2) is 0 Å². The Kier molecular flexibility index (Phi) is 6.23. The second-order valence-corrected chi connectivity index (χ2v) is 6.17. The van der Waals surface area contributed by atoms with E-state index in [0.29, 0.717) is 12.2 Å². The molecule has 27 heavy (non-hydrogen) atoms. The molecular weight excluding hydrogens is 338 g/mol. The summed E-state index contributed by atoms with van der Waals surface area (Å²) < 4.78 is 10.6. The number of hydrogen-bond donors (Lipinski definition) is 1. The lowest BCUT2D eigenvalue weighted by atomic mass is 9.98. The lowest BCUT2D eigenvalue weighted by molar-refractivity contribution is 0.0897. The molecule has 1 atom stereocenters. The maximum Gasteiger partial charge on any atom is 0.252 e. The number of ether oxygens (including phenoxy) is 2. The molecule has 3 aromatic carbocycles. The Hall–Kier alpha value is -3.11. The number of carbonyl (C=O) groups is 1. The summed E-state index contributed by atoms with van der Waals surface area (Å²) in [6, 6.07) is 24.9. The third-order valence-electron chi connectivity index (χ3n) is 4.39. The molecule has 0 saturated heterocycles. The minimum Gasteiger partial charge on any atom is -0.497 e. The lowest BCUT2D eigenvalue weighted by Crippen LogP contribution is -2.31. The van der Waals surface area contributed by atoms with Gasteiger partial charge in [0, 0.05) is 12.7 Å². The van der Waals surface area contributed by atoms with Crippen molar-refractivity contribution in [3.63, 3.8) is 0 Å². The monoisotopic (exact) mass is 361 g/mol. The smallest absolute Gasteiger partial charge is 0.252 e. The predicted molar refractivity (Wildman–Crippen MR) is 107 cm³/mol. The van der Waals surface area contributed by atoms with E-state index in [1.165, 1.54) is 0 Å². The van der Waals surface area contributed by atoms with Crippen LogP contribution in [0.2, 0.25) is 0 Å². The Morgan fingerprint density at radius 3 is 2.41 bits per heavy atom. The molecule has 3 aromatic rings. The third-order valence-corrected chi connectivity index (χ3v) is 4.39. The highest BCUT2D eigenvalue weighted by molar-refractivity contribution is 6.01. The summed E-state index contributed by atoms with van der Waals surface area (Å²) in [5.41, 5.74) is 3.47. The summed E-state index contributed by atoms with van der Waals surface area (Å²) in [4.78, 5) is 13.1. The Morgan fingerprint density at radius 1 is 0.926 bits per heavy atom. The summed E-state index contributed by atoms with van der Waals surface area (Å²) >= 11 is 0. The number of nitrogens with one attached hydrogen (secondary N) is 1. The highest BCUT2D eigenvalue weighted by Gasteiger charge is 2.18. The number of hydrogen-bond acceptors (Lipinski definition) is 3. The van der Waals surface area contributed by atoms with Crippen molar-refractivity contribution in [2.45, 2.75) is 6.04 Å². The molecule has 0 aromatic heterocycles. The van der Waals surface area contributed by atoms with E-state index in [-0.39, 0.29) is 11.9 Å². The van der Waals surface area contributed by atoms with E-state index in [1.807, 2.05) is 78.9 Å². The van der Waals surface area contributed by atoms with Crippen molar-refractivity contribution in [3.05, 3.63) is 90.0 Å². The van der Waals surface area contributed by atoms with Gasteiger partial charge in [0.05, 0.1) is 19.8 Å². The fourth-order valence-electron chi connectivity index (χ4n) is 3.03. The summed E-state index contributed by atoms with van der Waals surface area (Å²) in [5.74, 6) is 0.604. The quantitative estimate of drug-likeness (QED) is 0.675. The van der Waals surface area contributed by atoms with E-state index in [4.69, 9.17) is 9.47 Å². The van der Waals surface area contributed by atoms with Crippen molar-refractivity contribution in [1.29, 1.82) is 0 Å². The molecule has 0 fully saturated rings. The minimum absolute atomic E-state index is 0.140. The van der Waals surface area contributed by atoms with Crippen molar-refractivity contribution in [3.8, 4) is 16.9 Å². The Morgan fingerprint density at radius 2 is 1.67 bits per heavy atom. The van der Waals surface area contributed by atoms with E-state index in [2.05, 4.69) is 5.32 Å². The first-order chi connectivity index (χ1) is 13.2. The van der Waals surface area contributed by atoms with E-state index in [1.54, 1.807) is 14.2 Å². The van der Waals surface area contributed by atoms with Crippen LogP contribution in [0.1, 0.15) is 22.0 Å². The van der Waals surface area contributed by atoms with E-state index < -0.39 is 0 Å². The van der Waals surface area contributed by atoms with Crippen LogP contribution in [0.5, 0.6) is 5.75 Å². The first kappa shape index (κ1) is 18.7. The zero-order valence-electron chi connectivity index (χ0n) is 15.5. The van der Waals surface area contributed by atoms with Gasteiger partial charge < -0.3 is 14.8 Å². The van der Waals surface area contributed by atoms with Crippen LogP contribution in [0.15, 0.2) is 78.9 Å². The van der Waals surface area contributed by atoms with Crippen LogP contribution >= 0.6 is 0 Å². The molecule has 1 N–H and O–H groups in total. The zero-order valence-corrected chi connectivity index (χ0v) is 15.5. The summed E-state index contributed by atoms with van der Waals surface area (Å²) in [6.45, 7) is 0.367. The summed E-state index contributed by atoms with van der Waals surface area (Å²) in [6.07, 6.45) is 0. The Balaban J connectivity index is 1.89. The molecule has 4 heteroatoms. The number of benzene rings is 3. The molecule has 1 amide bonds. The Bertz CT molecular complexity index is 893. The minimum atomic E-state index is -0.276. The highest BCUT2D eigenvalue weighted by atomic mass is 16.5. The van der Waals surface area contributed by atoms with Gasteiger partial charge >= 0.3 is 0 Å². The molecule has 0 aliphatic rings. The van der Waals surface area contributed by atoms with Crippen LogP contribution in [0.3, 0.4) is 0 Å². The first-order valence-corrected chi connectivity index (χ1v) is 8.81. The van der Waals surface area contributed by atoms with Crippen molar-refractivity contribution in [1.82, 2.24) is 5.32 Å². The zero-order chi connectivity index (χ0) is 19.1. The second-order valence-electron chi connectivity index (χ2n) is 6.17. The van der Waals surface area contributed by atoms with Gasteiger partial charge in [-0.3, -0.25) is 4.79 Å². The van der Waals surface area contributed by atoms with Gasteiger partial charge in [-0.25, -0.2) is 0 Å². The van der Waals surface area contributed by atoms with E-state index >= 15 is 0 Å². The van der Waals surface area contributed by atoms with Gasteiger partial charge in [0.1, 0.15) is 5.75 Å². The van der Waals surface area contributed by atoms with Crippen molar-refractivity contribution in [2.75, 3.05) is 20.8 Å². The van der Waals surface area contributed by atoms with Crippen molar-refractivity contribution < 1.29 is 14.3 Å². The molecule has 0 heterocycles. The SMILES string of the molecule is COCC(NC(=O)c1ccccc1-c1ccccc1)c1cccc(OC)c1. The normalized spacial score (nSPS) is 11.6. The fourth-order valence-corrected chi connectivity index (χ4v) is 3.03. The molecule has 4 nitrogen and oxygen atoms in total. The van der Waals surface area contributed by atoms with Crippen LogP contribution in [0.25, 0.3) is 11.1 Å². The lowest BCUT2D eigenvalue weighted by Gasteiger charge is -2.20. The van der Waals surface area contributed by atoms with Crippen LogP contribution < -0.4 is 10.1 Å². The highest BCUT2D eigenvalue weighted by Crippen LogP contribution is 2.25. The van der Waals surface area contributed by atoms with Crippen LogP contribution in [0.4, 0.5) is 0 Å². The number of methoxy groups -OCH3 is 2.